The van der Waals surface area contributed by atoms with Gasteiger partial charge >= 0.3 is 0 Å². The monoisotopic (exact) mass is 245 g/mol. The summed E-state index contributed by atoms with van der Waals surface area (Å²) in [6, 6.07) is 4.53. The highest BCUT2D eigenvalue weighted by atomic mass is 16.1. The van der Waals surface area contributed by atoms with Crippen molar-refractivity contribution < 1.29 is 4.79 Å². The van der Waals surface area contributed by atoms with E-state index in [1.165, 1.54) is 22.3 Å². The first kappa shape index (κ1) is 13.3. The maximum absolute atomic E-state index is 11.3. The van der Waals surface area contributed by atoms with E-state index >= 15 is 0 Å². The Hall–Kier alpha value is -1.15. The molecule has 2 N–H and O–H groups in total. The lowest BCUT2D eigenvalue weighted by molar-refractivity contribution is -0.121. The first-order valence-electron chi connectivity index (χ1n) is 6.84. The van der Waals surface area contributed by atoms with Crippen LogP contribution in [-0.2, 0) is 4.79 Å². The predicted octanol–water partition coefficient (Wildman–Crippen LogP) is 3.37. The van der Waals surface area contributed by atoms with Crippen LogP contribution in [0.1, 0.15) is 54.0 Å². The Morgan fingerprint density at radius 2 is 1.61 bits per heavy atom. The summed E-state index contributed by atoms with van der Waals surface area (Å²) in [4.78, 5) is 11.3. The van der Waals surface area contributed by atoms with Crippen molar-refractivity contribution in [1.29, 1.82) is 0 Å². The summed E-state index contributed by atoms with van der Waals surface area (Å²) < 4.78 is 0. The molecule has 2 rings (SSSR count). The second-order valence-electron chi connectivity index (χ2n) is 5.69. The average molecular weight is 245 g/mol. The summed E-state index contributed by atoms with van der Waals surface area (Å²) in [7, 11) is 0. The van der Waals surface area contributed by atoms with Crippen molar-refractivity contribution in [3.8, 4) is 0 Å². The lowest BCUT2D eigenvalue weighted by atomic mass is 9.79. The van der Waals surface area contributed by atoms with Crippen LogP contribution < -0.4 is 5.73 Å². The number of Topliss-reactive ketones (excluding diaryl/α,β-unsaturated/α-hetero) is 1. The van der Waals surface area contributed by atoms with Crippen LogP contribution in [0.15, 0.2) is 12.1 Å². The molecule has 1 aromatic carbocycles. The molecule has 0 spiro atoms. The highest BCUT2D eigenvalue weighted by molar-refractivity contribution is 5.79. The largest absolute Gasteiger partial charge is 0.324 e. The van der Waals surface area contributed by atoms with Crippen LogP contribution in [0.25, 0.3) is 0 Å². The number of hydrogen-bond acceptors (Lipinski definition) is 2. The lowest BCUT2D eigenvalue weighted by Gasteiger charge is -2.28. The first-order valence-corrected chi connectivity index (χ1v) is 6.84. The Morgan fingerprint density at radius 3 is 2.22 bits per heavy atom. The number of hydrogen-bond donors (Lipinski definition) is 1. The standard InChI is InChI=1S/C16H23NO/c1-10-8-12(3)15(9-11(10)2)16(17)13-4-6-14(18)7-5-13/h8-9,13,16H,4-7,17H2,1-3H3. The fourth-order valence-corrected chi connectivity index (χ4v) is 2.92. The van der Waals surface area contributed by atoms with E-state index in [9.17, 15) is 4.79 Å². The Labute approximate surface area is 110 Å². The summed E-state index contributed by atoms with van der Waals surface area (Å²) >= 11 is 0. The van der Waals surface area contributed by atoms with Crippen molar-refractivity contribution in [2.75, 3.05) is 0 Å². The molecule has 1 unspecified atom stereocenters. The number of nitrogens with two attached hydrogens (primary N) is 1. The molecule has 0 bridgehead atoms. The molecule has 2 heteroatoms. The van der Waals surface area contributed by atoms with Gasteiger partial charge in [0.25, 0.3) is 0 Å². The van der Waals surface area contributed by atoms with Crippen LogP contribution >= 0.6 is 0 Å². The van der Waals surface area contributed by atoms with Gasteiger partial charge < -0.3 is 5.73 Å². The minimum atomic E-state index is 0.0809. The van der Waals surface area contributed by atoms with E-state index < -0.39 is 0 Å². The third kappa shape index (κ3) is 2.64. The van der Waals surface area contributed by atoms with Crippen molar-refractivity contribution in [2.24, 2.45) is 11.7 Å². The van der Waals surface area contributed by atoms with Gasteiger partial charge in [-0.25, -0.2) is 0 Å². The zero-order chi connectivity index (χ0) is 13.3. The van der Waals surface area contributed by atoms with Crippen molar-refractivity contribution in [1.82, 2.24) is 0 Å². The molecule has 1 aromatic rings. The second-order valence-corrected chi connectivity index (χ2v) is 5.69. The van der Waals surface area contributed by atoms with Gasteiger partial charge in [-0.15, -0.1) is 0 Å². The van der Waals surface area contributed by atoms with Gasteiger partial charge in [0.2, 0.25) is 0 Å². The average Bonchev–Trinajstić information content (AvgIpc) is 2.34. The van der Waals surface area contributed by atoms with Gasteiger partial charge in [0.1, 0.15) is 5.78 Å². The molecule has 0 saturated heterocycles. The van der Waals surface area contributed by atoms with E-state index in [-0.39, 0.29) is 6.04 Å². The van der Waals surface area contributed by atoms with Gasteiger partial charge in [-0.3, -0.25) is 4.79 Å². The number of carbonyl (C=O) groups is 1. The van der Waals surface area contributed by atoms with Crippen LogP contribution in [-0.4, -0.2) is 5.78 Å². The number of rotatable bonds is 2. The number of ketones is 1. The Morgan fingerprint density at radius 1 is 1.06 bits per heavy atom. The maximum Gasteiger partial charge on any atom is 0.132 e. The normalized spacial score (nSPS) is 19.0. The Kier molecular flexibility index (Phi) is 3.86. The lowest BCUT2D eigenvalue weighted by Crippen LogP contribution is -2.26. The second kappa shape index (κ2) is 5.23. The fourth-order valence-electron chi connectivity index (χ4n) is 2.92. The van der Waals surface area contributed by atoms with E-state index in [0.29, 0.717) is 24.5 Å². The Bertz CT molecular complexity index is 454. The first-order chi connectivity index (χ1) is 8.49. The van der Waals surface area contributed by atoms with Crippen LogP contribution in [0.2, 0.25) is 0 Å². The third-order valence-electron chi connectivity index (χ3n) is 4.34. The van der Waals surface area contributed by atoms with Crippen LogP contribution in [0.3, 0.4) is 0 Å². The molecule has 0 aliphatic heterocycles. The van der Waals surface area contributed by atoms with Gasteiger partial charge in [-0.2, -0.15) is 0 Å². The van der Waals surface area contributed by atoms with Gasteiger partial charge in [-0.1, -0.05) is 12.1 Å². The molecule has 1 atom stereocenters. The van der Waals surface area contributed by atoms with Crippen molar-refractivity contribution in [2.45, 2.75) is 52.5 Å². The molecule has 1 fully saturated rings. The van der Waals surface area contributed by atoms with Crippen LogP contribution in [0, 0.1) is 26.7 Å². The van der Waals surface area contributed by atoms with Crippen LogP contribution in [0.5, 0.6) is 0 Å². The minimum Gasteiger partial charge on any atom is -0.324 e. The summed E-state index contributed by atoms with van der Waals surface area (Å²) in [5.41, 5.74) is 11.6. The fraction of sp³-hybridized carbons (Fsp3) is 0.562. The van der Waals surface area contributed by atoms with Gasteiger partial charge in [0.15, 0.2) is 0 Å². The van der Waals surface area contributed by atoms with Crippen molar-refractivity contribution in [3.63, 3.8) is 0 Å². The zero-order valence-corrected chi connectivity index (χ0v) is 11.6. The Balaban J connectivity index is 2.20. The summed E-state index contributed by atoms with van der Waals surface area (Å²) in [6.45, 7) is 6.40. The molecule has 1 aliphatic carbocycles. The molecule has 0 heterocycles. The van der Waals surface area contributed by atoms with Gasteiger partial charge in [0.05, 0.1) is 0 Å². The van der Waals surface area contributed by atoms with E-state index in [1.807, 2.05) is 0 Å². The molecule has 18 heavy (non-hydrogen) atoms. The van der Waals surface area contributed by atoms with Crippen LogP contribution in [0.4, 0.5) is 0 Å². The topological polar surface area (TPSA) is 43.1 Å². The molecular formula is C16H23NO. The van der Waals surface area contributed by atoms with E-state index in [4.69, 9.17) is 5.73 Å². The zero-order valence-electron chi connectivity index (χ0n) is 11.6. The van der Waals surface area contributed by atoms with Gasteiger partial charge in [0, 0.05) is 18.9 Å². The van der Waals surface area contributed by atoms with Crippen molar-refractivity contribution in [3.05, 3.63) is 34.4 Å². The van der Waals surface area contributed by atoms with E-state index in [1.54, 1.807) is 0 Å². The van der Waals surface area contributed by atoms with Gasteiger partial charge in [-0.05, 0) is 61.8 Å². The molecule has 1 aliphatic rings. The van der Waals surface area contributed by atoms with E-state index in [0.717, 1.165) is 12.8 Å². The van der Waals surface area contributed by atoms with E-state index in [2.05, 4.69) is 32.9 Å². The smallest absolute Gasteiger partial charge is 0.132 e. The van der Waals surface area contributed by atoms with Crippen molar-refractivity contribution >= 4 is 5.78 Å². The quantitative estimate of drug-likeness (QED) is 0.868. The highest BCUT2D eigenvalue weighted by Gasteiger charge is 2.26. The highest BCUT2D eigenvalue weighted by Crippen LogP contribution is 2.33. The number of aryl methyl sites for hydroxylation is 3. The summed E-state index contributed by atoms with van der Waals surface area (Å²) in [5.74, 6) is 0.860. The predicted molar refractivity (Wildman–Crippen MR) is 74.5 cm³/mol. The third-order valence-corrected chi connectivity index (χ3v) is 4.34. The molecular weight excluding hydrogens is 222 g/mol. The maximum atomic E-state index is 11.3. The number of benzene rings is 1. The summed E-state index contributed by atoms with van der Waals surface area (Å²) in [5, 5.41) is 0. The molecule has 2 nitrogen and oxygen atoms in total. The minimum absolute atomic E-state index is 0.0809. The molecule has 1 saturated carbocycles. The molecule has 0 amide bonds. The number of carbonyl (C=O) groups excluding carboxylic acids is 1. The molecule has 98 valence electrons. The SMILES string of the molecule is Cc1cc(C)c(C(N)C2CCC(=O)CC2)cc1C. The molecule has 0 aromatic heterocycles. The molecule has 0 radical (unpaired) electrons. The summed E-state index contributed by atoms with van der Waals surface area (Å²) in [6.07, 6.45) is 3.32.